The molecule has 0 saturated heterocycles. The van der Waals surface area contributed by atoms with Gasteiger partial charge >= 0.3 is 11.4 Å². The van der Waals surface area contributed by atoms with Crippen LogP contribution in [-0.4, -0.2) is 35.6 Å². The number of hydrogen-bond donors (Lipinski definition) is 1. The van der Waals surface area contributed by atoms with Crippen molar-refractivity contribution in [3.05, 3.63) is 90.2 Å². The van der Waals surface area contributed by atoms with E-state index in [1.54, 1.807) is 12.1 Å². The molecule has 2 atom stereocenters. The lowest BCUT2D eigenvalue weighted by molar-refractivity contribution is -0.248. The smallest absolute Gasteiger partial charge is 0.421 e. The fraction of sp³-hybridized carbons (Fsp3) is 0.280. The van der Waals surface area contributed by atoms with Crippen LogP contribution in [0.5, 0.6) is 0 Å². The van der Waals surface area contributed by atoms with Crippen LogP contribution >= 0.6 is 0 Å². The first-order valence-electron chi connectivity index (χ1n) is 10.6. The van der Waals surface area contributed by atoms with E-state index < -0.39 is 27.7 Å². The number of rotatable bonds is 5. The highest BCUT2D eigenvalue weighted by molar-refractivity contribution is 7.97. The highest BCUT2D eigenvalue weighted by atomic mass is 32.2. The molecular formula is C25H24F6O4S2. The van der Waals surface area contributed by atoms with Crippen LogP contribution in [0.1, 0.15) is 26.3 Å². The van der Waals surface area contributed by atoms with Crippen molar-refractivity contribution in [3.8, 4) is 0 Å². The number of alkyl halides is 5. The summed E-state index contributed by atoms with van der Waals surface area (Å²) in [6.45, 7) is 6.66. The lowest BCUT2D eigenvalue weighted by Gasteiger charge is -2.26. The Morgan fingerprint density at radius 3 is 1.51 bits per heavy atom. The molecule has 4 nitrogen and oxygen atoms in total. The topological polar surface area (TPSA) is 77.4 Å². The monoisotopic (exact) mass is 566 g/mol. The average molecular weight is 567 g/mol. The van der Waals surface area contributed by atoms with Crippen molar-refractivity contribution in [1.82, 2.24) is 0 Å². The molecule has 0 bridgehead atoms. The maximum Gasteiger partial charge on any atom is 0.421 e. The normalized spacial score (nSPS) is 14.4. The van der Waals surface area contributed by atoms with Gasteiger partial charge in [-0.15, -0.1) is 0 Å². The summed E-state index contributed by atoms with van der Waals surface area (Å²) in [6.07, 6.45) is -10.4. The summed E-state index contributed by atoms with van der Waals surface area (Å²) in [5.74, 6) is -0.196. The van der Waals surface area contributed by atoms with Gasteiger partial charge < -0.3 is 9.66 Å². The van der Waals surface area contributed by atoms with Gasteiger partial charge in [0.15, 0.2) is 24.8 Å². The number of aliphatic hydroxyl groups excluding tert-OH is 1. The van der Waals surface area contributed by atoms with Gasteiger partial charge in [0.1, 0.15) is 5.82 Å². The largest absolute Gasteiger partial charge is 0.743 e. The molecule has 0 fully saturated rings. The van der Waals surface area contributed by atoms with E-state index >= 15 is 0 Å². The zero-order chi connectivity index (χ0) is 28.2. The van der Waals surface area contributed by atoms with Crippen LogP contribution in [0.3, 0.4) is 0 Å². The Morgan fingerprint density at radius 2 is 1.16 bits per heavy atom. The number of benzene rings is 3. The van der Waals surface area contributed by atoms with Gasteiger partial charge in [0, 0.05) is 0 Å². The van der Waals surface area contributed by atoms with E-state index in [0.717, 1.165) is 4.90 Å². The molecule has 37 heavy (non-hydrogen) atoms. The molecule has 0 saturated carbocycles. The third-order valence-electron chi connectivity index (χ3n) is 4.95. The van der Waals surface area contributed by atoms with Crippen LogP contribution in [-0.2, 0) is 26.4 Å². The molecule has 0 aliphatic heterocycles. The molecule has 0 aromatic heterocycles. The van der Waals surface area contributed by atoms with Crippen molar-refractivity contribution in [1.29, 1.82) is 0 Å². The van der Waals surface area contributed by atoms with Gasteiger partial charge in [-0.25, -0.2) is 12.8 Å². The molecule has 202 valence electrons. The summed E-state index contributed by atoms with van der Waals surface area (Å²) in [4.78, 5) is 3.62. The van der Waals surface area contributed by atoms with Gasteiger partial charge in [0.2, 0.25) is 6.10 Å². The lowest BCUT2D eigenvalue weighted by atomic mass is 9.87. The van der Waals surface area contributed by atoms with Crippen molar-refractivity contribution < 1.29 is 44.4 Å². The van der Waals surface area contributed by atoms with Crippen LogP contribution in [0.2, 0.25) is 0 Å². The third kappa shape index (κ3) is 7.97. The predicted octanol–water partition coefficient (Wildman–Crippen LogP) is 6.27. The predicted molar refractivity (Wildman–Crippen MR) is 127 cm³/mol. The van der Waals surface area contributed by atoms with E-state index in [1.165, 1.54) is 15.4 Å². The van der Waals surface area contributed by atoms with Crippen LogP contribution in [0.25, 0.3) is 0 Å². The Labute approximate surface area is 214 Å². The summed E-state index contributed by atoms with van der Waals surface area (Å²) < 4.78 is 100.0. The van der Waals surface area contributed by atoms with Gasteiger partial charge in [-0.2, -0.15) is 22.0 Å². The van der Waals surface area contributed by atoms with Crippen LogP contribution < -0.4 is 0 Å². The van der Waals surface area contributed by atoms with Crippen molar-refractivity contribution in [2.45, 2.75) is 58.4 Å². The van der Waals surface area contributed by atoms with Crippen molar-refractivity contribution in [2.24, 2.45) is 0 Å². The lowest BCUT2D eigenvalue weighted by Crippen LogP contribution is -2.49. The highest BCUT2D eigenvalue weighted by Crippen LogP contribution is 2.35. The maximum atomic E-state index is 13.3. The van der Waals surface area contributed by atoms with E-state index in [9.17, 15) is 39.3 Å². The molecule has 3 aromatic carbocycles. The summed E-state index contributed by atoms with van der Waals surface area (Å²) in [5, 5.41) is 2.02. The molecule has 1 N–H and O–H groups in total. The van der Waals surface area contributed by atoms with Gasteiger partial charge in [0.25, 0.3) is 0 Å². The SMILES string of the molecule is CC(C)(C)c1ccc([S+](c2ccccc2)c2ccc(F)cc2)cc1.O=S(=O)([O-])C(F)(F)C(O)C(F)(F)F. The molecule has 0 radical (unpaired) electrons. The zero-order valence-corrected chi connectivity index (χ0v) is 21.5. The van der Waals surface area contributed by atoms with Gasteiger partial charge in [0.05, 0.1) is 10.9 Å². The molecule has 3 aromatic rings. The molecule has 2 unspecified atom stereocenters. The Hall–Kier alpha value is -2.54. The number of hydrogen-bond acceptors (Lipinski definition) is 4. The minimum atomic E-state index is -6.54. The second kappa shape index (κ2) is 11.5. The second-order valence-electron chi connectivity index (χ2n) is 8.81. The molecule has 12 heteroatoms. The summed E-state index contributed by atoms with van der Waals surface area (Å²) in [6, 6.07) is 26.1. The summed E-state index contributed by atoms with van der Waals surface area (Å²) in [7, 11) is -6.76. The Balaban J connectivity index is 0.000000317. The number of aliphatic hydroxyl groups is 1. The van der Waals surface area contributed by atoms with Crippen molar-refractivity contribution in [2.75, 3.05) is 0 Å². The molecule has 0 heterocycles. The molecule has 0 spiro atoms. The fourth-order valence-electron chi connectivity index (χ4n) is 2.95. The Kier molecular flexibility index (Phi) is 9.50. The van der Waals surface area contributed by atoms with Gasteiger partial charge in [-0.05, 0) is 59.5 Å². The van der Waals surface area contributed by atoms with Crippen molar-refractivity contribution >= 4 is 21.0 Å². The van der Waals surface area contributed by atoms with E-state index in [1.807, 2.05) is 18.2 Å². The first-order chi connectivity index (χ1) is 16.9. The summed E-state index contributed by atoms with van der Waals surface area (Å²) in [5.41, 5.74) is 1.46. The third-order valence-corrected chi connectivity index (χ3v) is 8.07. The van der Waals surface area contributed by atoms with E-state index in [0.29, 0.717) is 0 Å². The average Bonchev–Trinajstić information content (AvgIpc) is 2.79. The van der Waals surface area contributed by atoms with Gasteiger partial charge in [-0.1, -0.05) is 51.1 Å². The Bertz CT molecular complexity index is 1260. The van der Waals surface area contributed by atoms with Crippen LogP contribution in [0, 0.1) is 5.82 Å². The van der Waals surface area contributed by atoms with Crippen molar-refractivity contribution in [3.63, 3.8) is 0 Å². The molecule has 0 aliphatic rings. The quantitative estimate of drug-likeness (QED) is 0.225. The van der Waals surface area contributed by atoms with E-state index in [-0.39, 0.29) is 22.1 Å². The molecule has 0 amide bonds. The minimum Gasteiger partial charge on any atom is -0.743 e. The molecular weight excluding hydrogens is 542 g/mol. The zero-order valence-electron chi connectivity index (χ0n) is 19.8. The van der Waals surface area contributed by atoms with Crippen LogP contribution in [0.4, 0.5) is 26.3 Å². The van der Waals surface area contributed by atoms with Crippen LogP contribution in [0.15, 0.2) is 93.5 Å². The second-order valence-corrected chi connectivity index (χ2v) is 12.3. The first-order valence-corrected chi connectivity index (χ1v) is 13.2. The van der Waals surface area contributed by atoms with E-state index in [4.69, 9.17) is 5.11 Å². The minimum absolute atomic E-state index is 0.139. The molecule has 3 rings (SSSR count). The Morgan fingerprint density at radius 1 is 0.757 bits per heavy atom. The fourth-order valence-corrected chi connectivity index (χ4v) is 5.42. The summed E-state index contributed by atoms with van der Waals surface area (Å²) >= 11 is 0. The van der Waals surface area contributed by atoms with Gasteiger partial charge in [-0.3, -0.25) is 0 Å². The maximum absolute atomic E-state index is 13.3. The standard InChI is InChI=1S/C22H22FS.C3H3F5O4S/c1-22(2,3)17-9-13-20(14-10-17)24(19-7-5-4-6-8-19)21-15-11-18(23)12-16-21;4-2(5,6)1(9)3(7,8)13(10,11)12/h4-16H,1-3H3;1,9H,(H,10,11,12)/q+1;/p-1. The highest BCUT2D eigenvalue weighted by Gasteiger charge is 2.59. The number of halogens is 6. The van der Waals surface area contributed by atoms with E-state index in [2.05, 4.69) is 69.3 Å². The first kappa shape index (κ1) is 30.7. The molecule has 0 aliphatic carbocycles.